The Balaban J connectivity index is 2.42. The van der Waals surface area contributed by atoms with E-state index < -0.39 is 0 Å². The van der Waals surface area contributed by atoms with Gasteiger partial charge in [0, 0.05) is 22.7 Å². The van der Waals surface area contributed by atoms with Crippen molar-refractivity contribution in [2.45, 2.75) is 32.9 Å². The lowest BCUT2D eigenvalue weighted by Crippen LogP contribution is -2.41. The highest BCUT2D eigenvalue weighted by molar-refractivity contribution is 6.31. The highest BCUT2D eigenvalue weighted by Crippen LogP contribution is 2.30. The average molecular weight is 224 g/mol. The Labute approximate surface area is 94.8 Å². The van der Waals surface area contributed by atoms with E-state index >= 15 is 0 Å². The van der Waals surface area contributed by atoms with Gasteiger partial charge < -0.3 is 4.90 Å². The van der Waals surface area contributed by atoms with Gasteiger partial charge in [-0.25, -0.2) is 0 Å². The molecule has 0 N–H and O–H groups in total. The van der Waals surface area contributed by atoms with Gasteiger partial charge in [0.1, 0.15) is 0 Å². The maximum Gasteiger partial charge on any atom is 0.254 e. The Morgan fingerprint density at radius 1 is 1.33 bits per heavy atom. The Morgan fingerprint density at radius 2 is 2.00 bits per heavy atom. The highest BCUT2D eigenvalue weighted by atomic mass is 35.5. The van der Waals surface area contributed by atoms with E-state index in [0.717, 1.165) is 11.1 Å². The summed E-state index contributed by atoms with van der Waals surface area (Å²) in [6.07, 6.45) is 0. The van der Waals surface area contributed by atoms with Crippen molar-refractivity contribution in [3.63, 3.8) is 0 Å². The zero-order valence-electron chi connectivity index (χ0n) is 9.17. The predicted octanol–water partition coefficient (Wildman–Crippen LogP) is 3.09. The summed E-state index contributed by atoms with van der Waals surface area (Å²) in [6.45, 7) is 6.81. The van der Waals surface area contributed by atoms with Crippen LogP contribution in [0.25, 0.3) is 0 Å². The molecule has 0 radical (unpaired) electrons. The Hall–Kier alpha value is -1.02. The monoisotopic (exact) mass is 223 g/mol. The number of amides is 1. The molecule has 15 heavy (non-hydrogen) atoms. The molecule has 0 unspecified atom stereocenters. The number of hydrogen-bond donors (Lipinski definition) is 0. The third kappa shape index (κ3) is 1.74. The molecule has 1 aliphatic heterocycles. The molecule has 0 aliphatic carbocycles. The van der Waals surface area contributed by atoms with Crippen LogP contribution in [0, 0.1) is 0 Å². The number of hydrogen-bond acceptors (Lipinski definition) is 1. The summed E-state index contributed by atoms with van der Waals surface area (Å²) < 4.78 is 0. The van der Waals surface area contributed by atoms with Crippen LogP contribution in [0.2, 0.25) is 5.02 Å². The number of carbonyl (C=O) groups excluding carboxylic acids is 1. The van der Waals surface area contributed by atoms with Gasteiger partial charge >= 0.3 is 0 Å². The first kappa shape index (κ1) is 10.5. The quantitative estimate of drug-likeness (QED) is 0.662. The summed E-state index contributed by atoms with van der Waals surface area (Å²) in [5, 5.41) is 0.623. The second-order valence-electron chi connectivity index (χ2n) is 4.86. The van der Waals surface area contributed by atoms with E-state index in [0.29, 0.717) is 11.6 Å². The fourth-order valence-electron chi connectivity index (χ4n) is 1.81. The molecule has 1 amide bonds. The fourth-order valence-corrected chi connectivity index (χ4v) is 1.99. The fraction of sp³-hybridized carbons (Fsp3) is 0.417. The van der Waals surface area contributed by atoms with Gasteiger partial charge in [-0.1, -0.05) is 17.7 Å². The zero-order valence-corrected chi connectivity index (χ0v) is 9.93. The maximum atomic E-state index is 12.1. The van der Waals surface area contributed by atoms with Gasteiger partial charge in [-0.3, -0.25) is 4.79 Å². The van der Waals surface area contributed by atoms with E-state index in [1.165, 1.54) is 0 Å². The van der Waals surface area contributed by atoms with Crippen LogP contribution in [0.4, 0.5) is 0 Å². The summed E-state index contributed by atoms with van der Waals surface area (Å²) in [5.41, 5.74) is 1.68. The summed E-state index contributed by atoms with van der Waals surface area (Å²) in [7, 11) is 0. The van der Waals surface area contributed by atoms with E-state index in [1.807, 2.05) is 37.8 Å². The molecule has 80 valence electrons. The lowest BCUT2D eigenvalue weighted by Gasteiger charge is -2.31. The van der Waals surface area contributed by atoms with Crippen LogP contribution < -0.4 is 0 Å². The molecular weight excluding hydrogens is 210 g/mol. The van der Waals surface area contributed by atoms with Crippen molar-refractivity contribution < 1.29 is 4.79 Å². The van der Waals surface area contributed by atoms with Gasteiger partial charge in [0.15, 0.2) is 0 Å². The third-order valence-electron chi connectivity index (χ3n) is 2.69. The largest absolute Gasteiger partial charge is 0.329 e. The van der Waals surface area contributed by atoms with Crippen LogP contribution >= 0.6 is 11.6 Å². The highest BCUT2D eigenvalue weighted by Gasteiger charge is 2.34. The minimum Gasteiger partial charge on any atom is -0.329 e. The van der Waals surface area contributed by atoms with Crippen molar-refractivity contribution in [3.05, 3.63) is 34.3 Å². The Morgan fingerprint density at radius 3 is 2.60 bits per heavy atom. The summed E-state index contributed by atoms with van der Waals surface area (Å²) >= 11 is 5.88. The molecule has 1 heterocycles. The first-order valence-corrected chi connectivity index (χ1v) is 5.38. The first-order chi connectivity index (χ1) is 6.89. The van der Waals surface area contributed by atoms with Gasteiger partial charge in [-0.15, -0.1) is 0 Å². The maximum absolute atomic E-state index is 12.1. The molecular formula is C12H14ClNO. The molecule has 0 saturated heterocycles. The van der Waals surface area contributed by atoms with E-state index in [1.54, 1.807) is 6.07 Å². The summed E-state index contributed by atoms with van der Waals surface area (Å²) in [5.74, 6) is 0.0833. The van der Waals surface area contributed by atoms with Gasteiger partial charge in [0.05, 0.1) is 0 Å². The first-order valence-electron chi connectivity index (χ1n) is 5.00. The van der Waals surface area contributed by atoms with Crippen LogP contribution in [0.5, 0.6) is 0 Å². The smallest absolute Gasteiger partial charge is 0.254 e. The minimum absolute atomic E-state index is 0.0833. The number of rotatable bonds is 0. The lowest BCUT2D eigenvalue weighted by atomic mass is 10.1. The van der Waals surface area contributed by atoms with Crippen molar-refractivity contribution in [1.29, 1.82) is 0 Å². The minimum atomic E-state index is -0.136. The van der Waals surface area contributed by atoms with Gasteiger partial charge in [0.25, 0.3) is 5.91 Å². The standard InChI is InChI=1S/C12H14ClNO/c1-12(2,3)14-7-8-4-5-9(13)6-10(8)11(14)15/h4-6H,7H2,1-3H3. The molecule has 0 spiro atoms. The van der Waals surface area contributed by atoms with Crippen LogP contribution in [0.15, 0.2) is 18.2 Å². The average Bonchev–Trinajstić information content (AvgIpc) is 2.43. The van der Waals surface area contributed by atoms with Gasteiger partial charge in [-0.2, -0.15) is 0 Å². The molecule has 0 atom stereocenters. The SMILES string of the molecule is CC(C)(C)N1Cc2ccc(Cl)cc2C1=O. The predicted molar refractivity (Wildman–Crippen MR) is 61.1 cm³/mol. The molecule has 2 rings (SSSR count). The lowest BCUT2D eigenvalue weighted by molar-refractivity contribution is 0.0609. The van der Waals surface area contributed by atoms with Gasteiger partial charge in [-0.05, 0) is 38.5 Å². The van der Waals surface area contributed by atoms with Crippen molar-refractivity contribution in [1.82, 2.24) is 4.90 Å². The van der Waals surface area contributed by atoms with E-state index in [4.69, 9.17) is 11.6 Å². The van der Waals surface area contributed by atoms with E-state index in [-0.39, 0.29) is 11.4 Å². The summed E-state index contributed by atoms with van der Waals surface area (Å²) in [4.78, 5) is 13.9. The molecule has 0 fully saturated rings. The molecule has 1 aliphatic rings. The van der Waals surface area contributed by atoms with E-state index in [2.05, 4.69) is 0 Å². The second-order valence-corrected chi connectivity index (χ2v) is 5.30. The molecule has 0 saturated carbocycles. The Kier molecular flexibility index (Phi) is 2.27. The van der Waals surface area contributed by atoms with E-state index in [9.17, 15) is 4.79 Å². The molecule has 1 aromatic rings. The number of fused-ring (bicyclic) bond motifs is 1. The number of halogens is 1. The zero-order chi connectivity index (χ0) is 11.2. The van der Waals surface area contributed by atoms with Crippen LogP contribution in [0.1, 0.15) is 36.7 Å². The molecule has 2 nitrogen and oxygen atoms in total. The van der Waals surface area contributed by atoms with Crippen molar-refractivity contribution in [3.8, 4) is 0 Å². The van der Waals surface area contributed by atoms with Crippen LogP contribution in [-0.2, 0) is 6.54 Å². The van der Waals surface area contributed by atoms with Gasteiger partial charge in [0.2, 0.25) is 0 Å². The van der Waals surface area contributed by atoms with Crippen LogP contribution in [-0.4, -0.2) is 16.3 Å². The number of benzene rings is 1. The normalized spacial score (nSPS) is 15.7. The number of carbonyl (C=O) groups is 1. The van der Waals surface area contributed by atoms with Crippen molar-refractivity contribution in [2.75, 3.05) is 0 Å². The third-order valence-corrected chi connectivity index (χ3v) is 2.92. The van der Waals surface area contributed by atoms with Crippen molar-refractivity contribution >= 4 is 17.5 Å². The molecule has 3 heteroatoms. The Bertz CT molecular complexity index is 420. The van der Waals surface area contributed by atoms with Crippen molar-refractivity contribution in [2.24, 2.45) is 0 Å². The van der Waals surface area contributed by atoms with Crippen LogP contribution in [0.3, 0.4) is 0 Å². The molecule has 0 aromatic heterocycles. The molecule has 0 bridgehead atoms. The topological polar surface area (TPSA) is 20.3 Å². The second kappa shape index (κ2) is 3.24. The molecule has 1 aromatic carbocycles. The number of nitrogens with zero attached hydrogens (tertiary/aromatic N) is 1. The summed E-state index contributed by atoms with van der Waals surface area (Å²) in [6, 6.07) is 5.52.